The van der Waals surface area contributed by atoms with Crippen LogP contribution in [0, 0.1) is 11.8 Å². The molecular formula is C27H30N2O3. The first-order valence-electron chi connectivity index (χ1n) is 11.7. The van der Waals surface area contributed by atoms with Crippen LogP contribution in [-0.2, 0) is 28.9 Å². The molecule has 0 unspecified atom stereocenters. The third-order valence-electron chi connectivity index (χ3n) is 7.00. The quantitative estimate of drug-likeness (QED) is 0.558. The highest BCUT2D eigenvalue weighted by atomic mass is 16.5. The van der Waals surface area contributed by atoms with Gasteiger partial charge in [-0.3, -0.25) is 4.68 Å². The number of nitrogens with zero attached hydrogens (tertiary/aromatic N) is 2. The summed E-state index contributed by atoms with van der Waals surface area (Å²) >= 11 is 0. The first-order valence-corrected chi connectivity index (χ1v) is 11.7. The summed E-state index contributed by atoms with van der Waals surface area (Å²) in [6, 6.07) is 19.3. The molecule has 2 aliphatic rings. The van der Waals surface area contributed by atoms with Crippen molar-refractivity contribution in [2.24, 2.45) is 11.8 Å². The van der Waals surface area contributed by atoms with Gasteiger partial charge in [0.2, 0.25) is 0 Å². The molecule has 0 spiro atoms. The topological polar surface area (TPSA) is 64.3 Å². The van der Waals surface area contributed by atoms with E-state index in [0.717, 1.165) is 50.8 Å². The maximum Gasteiger partial charge on any atom is 0.329 e. The Morgan fingerprint density at radius 2 is 1.69 bits per heavy atom. The maximum absolute atomic E-state index is 10.7. The largest absolute Gasteiger partial charge is 0.480 e. The summed E-state index contributed by atoms with van der Waals surface area (Å²) in [5.41, 5.74) is 7.71. The summed E-state index contributed by atoms with van der Waals surface area (Å²) in [6.07, 6.45) is 6.59. The zero-order valence-electron chi connectivity index (χ0n) is 18.4. The van der Waals surface area contributed by atoms with Crippen LogP contribution in [0.25, 0.3) is 22.4 Å². The van der Waals surface area contributed by atoms with Crippen LogP contribution in [0.15, 0.2) is 54.6 Å². The van der Waals surface area contributed by atoms with Gasteiger partial charge in [0, 0.05) is 23.4 Å². The monoisotopic (exact) mass is 430 g/mol. The molecule has 1 saturated carbocycles. The van der Waals surface area contributed by atoms with Crippen molar-refractivity contribution in [1.29, 1.82) is 0 Å². The predicted octanol–water partition coefficient (Wildman–Crippen LogP) is 5.22. The van der Waals surface area contributed by atoms with Crippen LogP contribution in [0.4, 0.5) is 0 Å². The van der Waals surface area contributed by atoms with E-state index in [-0.39, 0.29) is 6.61 Å². The lowest BCUT2D eigenvalue weighted by atomic mass is 9.82. The fourth-order valence-corrected chi connectivity index (χ4v) is 5.36. The van der Waals surface area contributed by atoms with E-state index < -0.39 is 5.97 Å². The molecular weight excluding hydrogens is 400 g/mol. The Bertz CT molecular complexity index is 1080. The number of rotatable bonds is 7. The molecule has 1 N–H and O–H groups in total. The van der Waals surface area contributed by atoms with Crippen molar-refractivity contribution in [3.63, 3.8) is 0 Å². The summed E-state index contributed by atoms with van der Waals surface area (Å²) in [6.45, 7) is 1.33. The smallest absolute Gasteiger partial charge is 0.329 e. The summed E-state index contributed by atoms with van der Waals surface area (Å²) in [4.78, 5) is 10.7. The van der Waals surface area contributed by atoms with E-state index >= 15 is 0 Å². The van der Waals surface area contributed by atoms with Gasteiger partial charge in [-0.25, -0.2) is 4.79 Å². The number of carboxylic acids is 1. The first kappa shape index (κ1) is 21.0. The molecule has 1 fully saturated rings. The standard InChI is InChI=1S/C27H30N2O3/c30-25(31)18-32-17-20-12-10-19(11-13-20)16-29-24-15-14-21-6-4-5-9-23(21)26(24)27(28-29)22-7-2-1-3-8-22/h1-9,19-20H,10-18H2,(H,30,31)/t19-,20+. The molecule has 0 amide bonds. The molecule has 2 aliphatic carbocycles. The molecule has 2 aromatic carbocycles. The third-order valence-corrected chi connectivity index (χ3v) is 7.00. The highest BCUT2D eigenvalue weighted by Gasteiger charge is 2.28. The normalized spacial score (nSPS) is 19.9. The van der Waals surface area contributed by atoms with E-state index in [9.17, 15) is 4.79 Å². The average Bonchev–Trinajstić information content (AvgIpc) is 3.19. The number of hydrogen-bond acceptors (Lipinski definition) is 3. The summed E-state index contributed by atoms with van der Waals surface area (Å²) in [7, 11) is 0. The van der Waals surface area contributed by atoms with Crippen LogP contribution in [-0.4, -0.2) is 34.1 Å². The van der Waals surface area contributed by atoms with E-state index in [0.29, 0.717) is 18.4 Å². The van der Waals surface area contributed by atoms with E-state index in [1.165, 1.54) is 27.9 Å². The number of carboxylic acid groups (broad SMARTS) is 1. The van der Waals surface area contributed by atoms with Gasteiger partial charge in [0.1, 0.15) is 12.3 Å². The van der Waals surface area contributed by atoms with Gasteiger partial charge in [0.25, 0.3) is 0 Å². The van der Waals surface area contributed by atoms with Crippen molar-refractivity contribution in [1.82, 2.24) is 9.78 Å². The Kier molecular flexibility index (Phi) is 6.08. The maximum atomic E-state index is 10.7. The van der Waals surface area contributed by atoms with Crippen molar-refractivity contribution in [3.8, 4) is 22.4 Å². The van der Waals surface area contributed by atoms with Gasteiger partial charge in [0.05, 0.1) is 6.61 Å². The molecule has 32 heavy (non-hydrogen) atoms. The fraction of sp³-hybridized carbons (Fsp3) is 0.407. The number of ether oxygens (including phenoxy) is 1. The van der Waals surface area contributed by atoms with Gasteiger partial charge in [-0.2, -0.15) is 5.10 Å². The molecule has 1 aromatic heterocycles. The molecule has 5 heteroatoms. The molecule has 0 saturated heterocycles. The highest BCUT2D eigenvalue weighted by Crippen LogP contribution is 2.41. The van der Waals surface area contributed by atoms with Crippen LogP contribution < -0.4 is 0 Å². The van der Waals surface area contributed by atoms with E-state index in [1.54, 1.807) is 0 Å². The number of aliphatic carboxylic acids is 1. The minimum atomic E-state index is -0.891. The molecule has 166 valence electrons. The van der Waals surface area contributed by atoms with E-state index in [4.69, 9.17) is 14.9 Å². The van der Waals surface area contributed by atoms with Gasteiger partial charge < -0.3 is 9.84 Å². The number of benzene rings is 2. The second-order valence-electron chi connectivity index (χ2n) is 9.17. The lowest BCUT2D eigenvalue weighted by Crippen LogP contribution is -2.24. The molecule has 0 bridgehead atoms. The SMILES string of the molecule is O=C(O)COC[C@H]1CC[C@@H](Cn2nc(-c3ccccc3)c3c2CCc2ccccc2-3)CC1. The van der Waals surface area contributed by atoms with Crippen LogP contribution in [0.2, 0.25) is 0 Å². The summed E-state index contributed by atoms with van der Waals surface area (Å²) in [5, 5.41) is 13.9. The molecule has 5 rings (SSSR count). The van der Waals surface area contributed by atoms with Crippen LogP contribution in [0.3, 0.4) is 0 Å². The molecule has 0 radical (unpaired) electrons. The summed E-state index contributed by atoms with van der Waals surface area (Å²) in [5.74, 6) is 0.192. The van der Waals surface area contributed by atoms with Gasteiger partial charge in [-0.1, -0.05) is 54.6 Å². The number of carbonyl (C=O) groups is 1. The van der Waals surface area contributed by atoms with Crippen molar-refractivity contribution < 1.29 is 14.6 Å². The summed E-state index contributed by atoms with van der Waals surface area (Å²) < 4.78 is 7.62. The number of hydrogen-bond donors (Lipinski definition) is 1. The predicted molar refractivity (Wildman–Crippen MR) is 124 cm³/mol. The Morgan fingerprint density at radius 1 is 0.969 bits per heavy atom. The molecule has 0 atom stereocenters. The number of aromatic nitrogens is 2. The second kappa shape index (κ2) is 9.29. The number of fused-ring (bicyclic) bond motifs is 3. The highest BCUT2D eigenvalue weighted by molar-refractivity contribution is 5.85. The lowest BCUT2D eigenvalue weighted by molar-refractivity contribution is -0.142. The van der Waals surface area contributed by atoms with Crippen LogP contribution in [0.1, 0.15) is 36.9 Å². The average molecular weight is 431 g/mol. The van der Waals surface area contributed by atoms with Crippen molar-refractivity contribution in [2.75, 3.05) is 13.2 Å². The first-order chi connectivity index (χ1) is 15.7. The third kappa shape index (κ3) is 4.35. The Hall–Kier alpha value is -2.92. The van der Waals surface area contributed by atoms with Gasteiger partial charge in [-0.15, -0.1) is 0 Å². The van der Waals surface area contributed by atoms with E-state index in [1.807, 2.05) is 0 Å². The van der Waals surface area contributed by atoms with Crippen molar-refractivity contribution in [2.45, 2.75) is 45.1 Å². The Balaban J connectivity index is 1.36. The zero-order valence-corrected chi connectivity index (χ0v) is 18.4. The minimum Gasteiger partial charge on any atom is -0.480 e. The number of aryl methyl sites for hydroxylation is 1. The van der Waals surface area contributed by atoms with Crippen molar-refractivity contribution >= 4 is 5.97 Å². The van der Waals surface area contributed by atoms with Crippen LogP contribution in [0.5, 0.6) is 0 Å². The minimum absolute atomic E-state index is 0.191. The van der Waals surface area contributed by atoms with Crippen molar-refractivity contribution in [3.05, 3.63) is 65.9 Å². The van der Waals surface area contributed by atoms with Crippen LogP contribution >= 0.6 is 0 Å². The Morgan fingerprint density at radius 3 is 2.47 bits per heavy atom. The second-order valence-corrected chi connectivity index (χ2v) is 9.17. The lowest BCUT2D eigenvalue weighted by Gasteiger charge is -2.29. The molecule has 3 aromatic rings. The fourth-order valence-electron chi connectivity index (χ4n) is 5.36. The molecule has 0 aliphatic heterocycles. The zero-order chi connectivity index (χ0) is 21.9. The van der Waals surface area contributed by atoms with Gasteiger partial charge >= 0.3 is 5.97 Å². The molecule has 5 nitrogen and oxygen atoms in total. The Labute approximate surface area is 189 Å². The van der Waals surface area contributed by atoms with E-state index in [2.05, 4.69) is 59.3 Å². The molecule has 1 heterocycles. The van der Waals surface area contributed by atoms with Gasteiger partial charge in [-0.05, 0) is 61.5 Å². The van der Waals surface area contributed by atoms with Gasteiger partial charge in [0.15, 0.2) is 0 Å².